The Balaban J connectivity index is 1.15. The second-order valence-corrected chi connectivity index (χ2v) is 10.7. The fourth-order valence-electron chi connectivity index (χ4n) is 5.26. The van der Waals surface area contributed by atoms with Crippen LogP contribution in [-0.4, -0.2) is 49.0 Å². The summed E-state index contributed by atoms with van der Waals surface area (Å²) in [7, 11) is 1.51. The van der Waals surface area contributed by atoms with Gasteiger partial charge in [0.15, 0.2) is 5.78 Å². The first kappa shape index (κ1) is 30.8. The van der Waals surface area contributed by atoms with Gasteiger partial charge in [0.1, 0.15) is 5.75 Å². The highest BCUT2D eigenvalue weighted by molar-refractivity contribution is 6.04. The lowest BCUT2D eigenvalue weighted by molar-refractivity contribution is -0.137. The van der Waals surface area contributed by atoms with E-state index >= 15 is 0 Å². The quantitative estimate of drug-likeness (QED) is 0.168. The Morgan fingerprint density at radius 1 is 0.911 bits per heavy atom. The first-order chi connectivity index (χ1) is 21.8. The van der Waals surface area contributed by atoms with E-state index in [-0.39, 0.29) is 37.1 Å². The van der Waals surface area contributed by atoms with Gasteiger partial charge in [-0.1, -0.05) is 54.6 Å². The highest BCUT2D eigenvalue weighted by Crippen LogP contribution is 2.30. The Morgan fingerprint density at radius 3 is 2.38 bits per heavy atom. The van der Waals surface area contributed by atoms with Crippen LogP contribution in [0, 0.1) is 0 Å². The lowest BCUT2D eigenvalue weighted by atomic mass is 10.0. The van der Waals surface area contributed by atoms with Gasteiger partial charge in [0.2, 0.25) is 0 Å². The van der Waals surface area contributed by atoms with Crippen LogP contribution in [0.2, 0.25) is 0 Å². The number of rotatable bonds is 12. The molecule has 0 aromatic heterocycles. The number of anilines is 3. The van der Waals surface area contributed by atoms with Gasteiger partial charge in [0.05, 0.1) is 31.8 Å². The number of benzene rings is 4. The number of nitrogens with one attached hydrogen (secondary N) is 3. The molecule has 4 aromatic carbocycles. The Bertz CT molecular complexity index is 1690. The van der Waals surface area contributed by atoms with Crippen molar-refractivity contribution in [1.29, 1.82) is 0 Å². The molecule has 0 radical (unpaired) electrons. The third-order valence-corrected chi connectivity index (χ3v) is 7.56. The van der Waals surface area contributed by atoms with Gasteiger partial charge in [-0.3, -0.25) is 19.3 Å². The Morgan fingerprint density at radius 2 is 1.64 bits per heavy atom. The maximum absolute atomic E-state index is 13.0. The highest BCUT2D eigenvalue weighted by Gasteiger charge is 2.25. The average Bonchev–Trinajstić information content (AvgIpc) is 3.49. The van der Waals surface area contributed by atoms with Crippen LogP contribution in [0.3, 0.4) is 0 Å². The topological polar surface area (TPSA) is 137 Å². The molecule has 0 spiro atoms. The van der Waals surface area contributed by atoms with Crippen LogP contribution < -0.4 is 25.6 Å². The van der Waals surface area contributed by atoms with E-state index in [0.717, 1.165) is 23.2 Å². The van der Waals surface area contributed by atoms with Crippen molar-refractivity contribution in [1.82, 2.24) is 5.32 Å². The van der Waals surface area contributed by atoms with Crippen molar-refractivity contribution in [2.24, 2.45) is 0 Å². The van der Waals surface area contributed by atoms with Crippen LogP contribution in [0.25, 0.3) is 0 Å². The minimum Gasteiger partial charge on any atom is -0.495 e. The molecule has 230 valence electrons. The first-order valence-electron chi connectivity index (χ1n) is 14.6. The molecule has 5 rings (SSSR count). The van der Waals surface area contributed by atoms with E-state index in [4.69, 9.17) is 4.74 Å². The first-order valence-corrected chi connectivity index (χ1v) is 14.6. The molecule has 1 atom stereocenters. The van der Waals surface area contributed by atoms with Crippen molar-refractivity contribution in [2.75, 3.05) is 35.7 Å². The van der Waals surface area contributed by atoms with Crippen LogP contribution >= 0.6 is 0 Å². The predicted octanol–water partition coefficient (Wildman–Crippen LogP) is 5.46. The van der Waals surface area contributed by atoms with Crippen molar-refractivity contribution in [3.63, 3.8) is 0 Å². The number of carboxylic acids is 1. The standard InChI is InChI=1S/C35H34N4O6/c1-45-32-20-23(11-16-29(32)38-35(44)39-18-17-25-7-5-6-10-31(25)39)19-28(40)22-36-27-14-12-24(13-15-27)30(21-33(41)42)37-34(43)26-8-3-2-4-9-26/h2-16,20,30,36H,17-19,21-22H2,1H3,(H,37,43)(H,38,44)(H,41,42). The fraction of sp³-hybridized carbons (Fsp3) is 0.200. The third-order valence-electron chi connectivity index (χ3n) is 7.56. The average molecular weight is 607 g/mol. The van der Waals surface area contributed by atoms with Crippen molar-refractivity contribution in [3.05, 3.63) is 119 Å². The van der Waals surface area contributed by atoms with Gasteiger partial charge in [0.25, 0.3) is 5.91 Å². The van der Waals surface area contributed by atoms with Crippen LogP contribution in [0.5, 0.6) is 5.75 Å². The normalized spacial score (nSPS) is 12.5. The summed E-state index contributed by atoms with van der Waals surface area (Å²) in [4.78, 5) is 51.6. The van der Waals surface area contributed by atoms with Crippen molar-refractivity contribution >= 4 is 40.8 Å². The summed E-state index contributed by atoms with van der Waals surface area (Å²) in [5, 5.41) is 18.2. The van der Waals surface area contributed by atoms with Crippen LogP contribution in [0.4, 0.5) is 21.9 Å². The molecular formula is C35H34N4O6. The molecule has 1 heterocycles. The van der Waals surface area contributed by atoms with Gasteiger partial charge in [-0.2, -0.15) is 0 Å². The number of ether oxygens (including phenoxy) is 1. The smallest absolute Gasteiger partial charge is 0.326 e. The number of nitrogens with zero attached hydrogens (tertiary/aromatic N) is 1. The lowest BCUT2D eigenvalue weighted by Crippen LogP contribution is -2.33. The van der Waals surface area contributed by atoms with Gasteiger partial charge in [-0.05, 0) is 65.6 Å². The molecule has 10 nitrogen and oxygen atoms in total. The van der Waals surface area contributed by atoms with Crippen molar-refractivity contribution < 1.29 is 29.0 Å². The highest BCUT2D eigenvalue weighted by atomic mass is 16.5. The van der Waals surface area contributed by atoms with Crippen molar-refractivity contribution in [2.45, 2.75) is 25.3 Å². The monoisotopic (exact) mass is 606 g/mol. The van der Waals surface area contributed by atoms with Crippen LogP contribution in [-0.2, 0) is 22.4 Å². The molecule has 10 heteroatoms. The number of ketones is 1. The number of hydrogen-bond acceptors (Lipinski definition) is 6. The SMILES string of the molecule is COc1cc(CC(=O)CNc2ccc(C(CC(=O)O)NC(=O)c3ccccc3)cc2)ccc1NC(=O)N1CCc2ccccc21. The molecule has 0 saturated heterocycles. The maximum Gasteiger partial charge on any atom is 0.326 e. The number of hydrogen-bond donors (Lipinski definition) is 4. The molecule has 1 aliphatic rings. The van der Waals surface area contributed by atoms with E-state index in [1.54, 1.807) is 77.7 Å². The number of fused-ring (bicyclic) bond motifs is 1. The minimum absolute atomic E-state index is 0.0644. The number of carbonyl (C=O) groups excluding carboxylic acids is 3. The largest absolute Gasteiger partial charge is 0.495 e. The number of urea groups is 1. The molecule has 0 aliphatic carbocycles. The summed E-state index contributed by atoms with van der Waals surface area (Å²) in [6, 6.07) is 27.7. The molecule has 1 unspecified atom stereocenters. The summed E-state index contributed by atoms with van der Waals surface area (Å²) in [5.41, 5.74) is 5.03. The van der Waals surface area contributed by atoms with Gasteiger partial charge < -0.3 is 25.8 Å². The molecule has 0 fully saturated rings. The summed E-state index contributed by atoms with van der Waals surface area (Å²) in [6.07, 6.45) is 0.682. The number of carbonyl (C=O) groups is 4. The summed E-state index contributed by atoms with van der Waals surface area (Å²) in [5.74, 6) is -1.00. The molecule has 3 amide bonds. The zero-order valence-corrected chi connectivity index (χ0v) is 24.8. The summed E-state index contributed by atoms with van der Waals surface area (Å²) >= 11 is 0. The van der Waals surface area contributed by atoms with Gasteiger partial charge in [0, 0.05) is 29.9 Å². The van der Waals surface area contributed by atoms with E-state index in [9.17, 15) is 24.3 Å². The Labute approximate surface area is 261 Å². The number of amides is 3. The molecule has 0 saturated carbocycles. The third kappa shape index (κ3) is 7.85. The van der Waals surface area contributed by atoms with E-state index in [1.807, 2.05) is 24.3 Å². The molecular weight excluding hydrogens is 572 g/mol. The van der Waals surface area contributed by atoms with Gasteiger partial charge >= 0.3 is 12.0 Å². The lowest BCUT2D eigenvalue weighted by Gasteiger charge is -2.19. The van der Waals surface area contributed by atoms with Crippen LogP contribution in [0.15, 0.2) is 97.1 Å². The fourth-order valence-corrected chi connectivity index (χ4v) is 5.26. The predicted molar refractivity (Wildman–Crippen MR) is 172 cm³/mol. The molecule has 0 bridgehead atoms. The van der Waals surface area contributed by atoms with E-state index in [2.05, 4.69) is 16.0 Å². The maximum atomic E-state index is 13.0. The molecule has 1 aliphatic heterocycles. The number of aliphatic carboxylic acids is 1. The number of Topliss-reactive ketones (excluding diaryl/α,β-unsaturated/α-hetero) is 1. The summed E-state index contributed by atoms with van der Waals surface area (Å²) < 4.78 is 5.51. The van der Waals surface area contributed by atoms with Gasteiger partial charge in [-0.25, -0.2) is 4.79 Å². The van der Waals surface area contributed by atoms with Crippen LogP contribution in [0.1, 0.15) is 39.5 Å². The Kier molecular flexibility index (Phi) is 9.74. The number of para-hydroxylation sites is 1. The minimum atomic E-state index is -1.04. The van der Waals surface area contributed by atoms with Crippen molar-refractivity contribution in [3.8, 4) is 5.75 Å². The number of carboxylic acid groups (broad SMARTS) is 1. The zero-order valence-electron chi connectivity index (χ0n) is 24.8. The second-order valence-electron chi connectivity index (χ2n) is 10.7. The van der Waals surface area contributed by atoms with E-state index in [1.165, 1.54) is 7.11 Å². The molecule has 45 heavy (non-hydrogen) atoms. The van der Waals surface area contributed by atoms with E-state index in [0.29, 0.717) is 34.8 Å². The molecule has 4 N–H and O–H groups in total. The Hall–Kier alpha value is -5.64. The molecule has 4 aromatic rings. The van der Waals surface area contributed by atoms with Gasteiger partial charge in [-0.15, -0.1) is 0 Å². The summed E-state index contributed by atoms with van der Waals surface area (Å²) in [6.45, 7) is 0.668. The van der Waals surface area contributed by atoms with E-state index < -0.39 is 12.0 Å². The number of methoxy groups -OCH3 is 1. The zero-order chi connectivity index (χ0) is 31.8. The second kappa shape index (κ2) is 14.2.